The van der Waals surface area contributed by atoms with Crippen molar-refractivity contribution in [2.24, 2.45) is 0 Å². The van der Waals surface area contributed by atoms with E-state index in [1.54, 1.807) is 0 Å². The van der Waals surface area contributed by atoms with Gasteiger partial charge in [-0.3, -0.25) is 6.08 Å². The van der Waals surface area contributed by atoms with Gasteiger partial charge in [0.25, 0.3) is 0 Å². The van der Waals surface area contributed by atoms with Gasteiger partial charge in [0.2, 0.25) is 0 Å². The van der Waals surface area contributed by atoms with E-state index in [1.807, 2.05) is 12.2 Å². The molecule has 0 N–H and O–H groups in total. The standard InChI is InChI=1S/C13H11.C7H9.2ClH.Zr/c1-11-6-8-13(9-7-11)10-12-4-2-3-5-12;1-6-4-3-5-7(6)2;;;/h2-4,6-10H,1H3;4H,5H2,1-2H3;2*1H;/q2*-1;;;+4/p-2. The molecule has 0 saturated carbocycles. The van der Waals surface area contributed by atoms with Crippen LogP contribution in [0.2, 0.25) is 0 Å². The molecule has 1 aromatic carbocycles. The fraction of sp³-hybridized carbons (Fsp3) is 0.200. The summed E-state index contributed by atoms with van der Waals surface area (Å²) in [4.78, 5) is 0. The van der Waals surface area contributed by atoms with Crippen molar-refractivity contribution in [2.45, 2.75) is 27.2 Å². The zero-order valence-electron chi connectivity index (χ0n) is 13.7. The molecule has 0 radical (unpaired) electrons. The second kappa shape index (κ2) is 12.8. The molecular formula is C20H20Cl2Zr. The number of hydrogen-bond acceptors (Lipinski definition) is 0. The predicted octanol–water partition coefficient (Wildman–Crippen LogP) is -0.601. The number of allylic oxidation sites excluding steroid dienone is 9. The van der Waals surface area contributed by atoms with Crippen molar-refractivity contribution in [3.8, 4) is 0 Å². The summed E-state index contributed by atoms with van der Waals surface area (Å²) in [5.74, 6) is 0. The molecule has 0 aliphatic heterocycles. The van der Waals surface area contributed by atoms with E-state index in [2.05, 4.69) is 75.4 Å². The van der Waals surface area contributed by atoms with Crippen LogP contribution in [0.1, 0.15) is 31.4 Å². The van der Waals surface area contributed by atoms with Crippen molar-refractivity contribution >= 4 is 6.08 Å². The number of benzene rings is 1. The van der Waals surface area contributed by atoms with Gasteiger partial charge in [0.05, 0.1) is 0 Å². The van der Waals surface area contributed by atoms with E-state index in [9.17, 15) is 0 Å². The van der Waals surface area contributed by atoms with E-state index >= 15 is 0 Å². The molecule has 0 heterocycles. The molecule has 0 saturated heterocycles. The first-order valence-electron chi connectivity index (χ1n) is 6.93. The normalized spacial score (nSPS) is 15.5. The molecule has 0 nitrogen and oxygen atoms in total. The topological polar surface area (TPSA) is 0 Å². The Hall–Kier alpha value is -0.617. The van der Waals surface area contributed by atoms with Gasteiger partial charge in [-0.2, -0.15) is 29.4 Å². The van der Waals surface area contributed by atoms with Crippen molar-refractivity contribution in [1.29, 1.82) is 0 Å². The van der Waals surface area contributed by atoms with Gasteiger partial charge in [0.15, 0.2) is 0 Å². The average Bonchev–Trinajstić information content (AvgIpc) is 3.07. The van der Waals surface area contributed by atoms with Crippen LogP contribution in [0.25, 0.3) is 6.08 Å². The molecule has 0 fully saturated rings. The van der Waals surface area contributed by atoms with Crippen LogP contribution < -0.4 is 24.8 Å². The van der Waals surface area contributed by atoms with Crippen LogP contribution in [0.3, 0.4) is 0 Å². The van der Waals surface area contributed by atoms with Crippen molar-refractivity contribution in [3.63, 3.8) is 0 Å². The first kappa shape index (κ1) is 24.6. The number of rotatable bonds is 1. The van der Waals surface area contributed by atoms with E-state index in [4.69, 9.17) is 0 Å². The minimum absolute atomic E-state index is 0. The monoisotopic (exact) mass is 420 g/mol. The zero-order chi connectivity index (χ0) is 14.4. The Bertz CT molecular complexity index is 604. The molecule has 0 unspecified atom stereocenters. The summed E-state index contributed by atoms with van der Waals surface area (Å²) in [6.07, 6.45) is 17.5. The zero-order valence-corrected chi connectivity index (χ0v) is 17.6. The fourth-order valence-electron chi connectivity index (χ4n) is 1.90. The van der Waals surface area contributed by atoms with Crippen LogP contribution in [0.4, 0.5) is 0 Å². The summed E-state index contributed by atoms with van der Waals surface area (Å²) >= 11 is 0. The SMILES string of the molecule is CC1=C(C)C[C-]=C1.Cc1ccc(C=C2[C-]=CC=C2)cc1.[Cl-].[Cl-].[Zr+4]. The van der Waals surface area contributed by atoms with Gasteiger partial charge >= 0.3 is 26.2 Å². The molecule has 2 aliphatic rings. The van der Waals surface area contributed by atoms with Crippen molar-refractivity contribution in [3.05, 3.63) is 88.6 Å². The first-order chi connectivity index (χ1) is 9.65. The average molecular weight is 423 g/mol. The maximum atomic E-state index is 3.14. The molecule has 0 atom stereocenters. The molecule has 0 amide bonds. The third-order valence-corrected chi connectivity index (χ3v) is 3.38. The maximum absolute atomic E-state index is 3.14. The third-order valence-electron chi connectivity index (χ3n) is 3.38. The molecule has 118 valence electrons. The van der Waals surface area contributed by atoms with Gasteiger partial charge < -0.3 is 24.8 Å². The van der Waals surface area contributed by atoms with Gasteiger partial charge in [0, 0.05) is 0 Å². The van der Waals surface area contributed by atoms with Crippen molar-refractivity contribution in [2.75, 3.05) is 0 Å². The molecular weight excluding hydrogens is 402 g/mol. The molecule has 0 aromatic heterocycles. The summed E-state index contributed by atoms with van der Waals surface area (Å²) in [7, 11) is 0. The number of hydrogen-bond donors (Lipinski definition) is 0. The molecule has 1 aromatic rings. The summed E-state index contributed by atoms with van der Waals surface area (Å²) in [6, 6.07) is 8.48. The third kappa shape index (κ3) is 8.70. The molecule has 3 heteroatoms. The predicted molar refractivity (Wildman–Crippen MR) is 86.9 cm³/mol. The van der Waals surface area contributed by atoms with Crippen LogP contribution in [0.15, 0.2) is 65.3 Å². The van der Waals surface area contributed by atoms with E-state index < -0.39 is 0 Å². The van der Waals surface area contributed by atoms with E-state index in [0.717, 1.165) is 12.0 Å². The Morgan fingerprint density at radius 3 is 2.04 bits per heavy atom. The van der Waals surface area contributed by atoms with Gasteiger partial charge in [-0.1, -0.05) is 42.3 Å². The second-order valence-electron chi connectivity index (χ2n) is 5.17. The quantitative estimate of drug-likeness (QED) is 0.531. The van der Waals surface area contributed by atoms with Crippen molar-refractivity contribution in [1.82, 2.24) is 0 Å². The van der Waals surface area contributed by atoms with E-state index in [1.165, 1.54) is 22.3 Å². The van der Waals surface area contributed by atoms with Crippen LogP contribution in [0.5, 0.6) is 0 Å². The van der Waals surface area contributed by atoms with Crippen molar-refractivity contribution < 1.29 is 51.0 Å². The molecule has 3 rings (SSSR count). The summed E-state index contributed by atoms with van der Waals surface area (Å²) < 4.78 is 0. The first-order valence-corrected chi connectivity index (χ1v) is 6.93. The van der Waals surface area contributed by atoms with Gasteiger partial charge in [0.1, 0.15) is 0 Å². The number of halogens is 2. The maximum Gasteiger partial charge on any atom is 4.00 e. The van der Waals surface area contributed by atoms with Gasteiger partial charge in [-0.25, -0.2) is 11.6 Å². The Kier molecular flexibility index (Phi) is 13.7. The Morgan fingerprint density at radius 1 is 1.00 bits per heavy atom. The van der Waals surface area contributed by atoms with E-state index in [0.29, 0.717) is 0 Å². The molecule has 0 bridgehead atoms. The van der Waals surface area contributed by atoms with Crippen LogP contribution >= 0.6 is 0 Å². The second-order valence-corrected chi connectivity index (χ2v) is 5.17. The Balaban J connectivity index is 0. The van der Waals surface area contributed by atoms with E-state index in [-0.39, 0.29) is 51.0 Å². The molecule has 23 heavy (non-hydrogen) atoms. The van der Waals surface area contributed by atoms with Crippen LogP contribution in [0, 0.1) is 19.1 Å². The fourth-order valence-corrected chi connectivity index (χ4v) is 1.90. The van der Waals surface area contributed by atoms with Crippen LogP contribution in [-0.4, -0.2) is 0 Å². The Morgan fingerprint density at radius 2 is 1.65 bits per heavy atom. The largest absolute Gasteiger partial charge is 4.00 e. The van der Waals surface area contributed by atoms with Gasteiger partial charge in [-0.05, 0) is 6.92 Å². The molecule has 0 spiro atoms. The summed E-state index contributed by atoms with van der Waals surface area (Å²) in [5, 5.41) is 0. The number of aryl methyl sites for hydroxylation is 1. The van der Waals surface area contributed by atoms with Crippen LogP contribution in [-0.2, 0) is 26.2 Å². The van der Waals surface area contributed by atoms with Gasteiger partial charge in [-0.15, -0.1) is 25.5 Å². The smallest absolute Gasteiger partial charge is 1.00 e. The summed E-state index contributed by atoms with van der Waals surface area (Å²) in [6.45, 7) is 6.36. The summed E-state index contributed by atoms with van der Waals surface area (Å²) in [5.41, 5.74) is 6.51. The minimum atomic E-state index is 0. The Labute approximate surface area is 172 Å². The molecule has 2 aliphatic carbocycles. The minimum Gasteiger partial charge on any atom is -1.00 e.